The maximum absolute atomic E-state index is 12.5. The molecule has 7 nitrogen and oxygen atoms in total. The average molecular weight is 366 g/mol. The quantitative estimate of drug-likeness (QED) is 0.814. The smallest absolute Gasteiger partial charge is 0.260 e. The molecule has 0 radical (unpaired) electrons. The molecule has 0 fully saturated rings. The number of rotatable bonds is 5. The number of nitrogens with zero attached hydrogens (tertiary/aromatic N) is 1. The lowest BCUT2D eigenvalue weighted by atomic mass is 9.98. The Bertz CT molecular complexity index is 924. The van der Waals surface area contributed by atoms with Crippen molar-refractivity contribution in [2.24, 2.45) is 0 Å². The number of hydrogen-bond acceptors (Lipinski definition) is 5. The van der Waals surface area contributed by atoms with E-state index in [0.717, 1.165) is 16.0 Å². The SMILES string of the molecule is O=C(CCN1C(=O)Cc2ccccc2C1=O)NCc1ccc2c(c1)OCO2. The molecular formula is C20H18N2O5. The monoisotopic (exact) mass is 366 g/mol. The molecule has 0 unspecified atom stereocenters. The predicted octanol–water partition coefficient (Wildman–Crippen LogP) is 1.65. The third-order valence-electron chi connectivity index (χ3n) is 4.62. The minimum atomic E-state index is -0.342. The first-order valence-electron chi connectivity index (χ1n) is 8.69. The van der Waals surface area contributed by atoms with Gasteiger partial charge in [-0.15, -0.1) is 0 Å². The number of carbonyl (C=O) groups excluding carboxylic acids is 3. The molecule has 2 aromatic carbocycles. The fraction of sp³-hybridized carbons (Fsp3) is 0.250. The molecule has 0 spiro atoms. The van der Waals surface area contributed by atoms with Crippen molar-refractivity contribution in [1.29, 1.82) is 0 Å². The van der Waals surface area contributed by atoms with Crippen LogP contribution < -0.4 is 14.8 Å². The fourth-order valence-electron chi connectivity index (χ4n) is 3.18. The molecule has 138 valence electrons. The third kappa shape index (κ3) is 3.48. The molecule has 27 heavy (non-hydrogen) atoms. The van der Waals surface area contributed by atoms with E-state index in [1.165, 1.54) is 0 Å². The van der Waals surface area contributed by atoms with Crippen molar-refractivity contribution in [3.63, 3.8) is 0 Å². The number of hydrogen-bond donors (Lipinski definition) is 1. The maximum Gasteiger partial charge on any atom is 0.260 e. The van der Waals surface area contributed by atoms with Crippen LogP contribution in [0.5, 0.6) is 11.5 Å². The summed E-state index contributed by atoms with van der Waals surface area (Å²) in [7, 11) is 0. The Morgan fingerprint density at radius 3 is 2.78 bits per heavy atom. The molecule has 7 heteroatoms. The van der Waals surface area contributed by atoms with Gasteiger partial charge in [-0.3, -0.25) is 19.3 Å². The first-order chi connectivity index (χ1) is 13.1. The molecule has 2 aromatic rings. The summed E-state index contributed by atoms with van der Waals surface area (Å²) in [6, 6.07) is 12.5. The normalized spacial score (nSPS) is 14.9. The number of imide groups is 1. The number of fused-ring (bicyclic) bond motifs is 2. The second kappa shape index (κ2) is 7.11. The molecular weight excluding hydrogens is 348 g/mol. The summed E-state index contributed by atoms with van der Waals surface area (Å²) in [5, 5.41) is 2.79. The van der Waals surface area contributed by atoms with Gasteiger partial charge in [0, 0.05) is 25.1 Å². The van der Waals surface area contributed by atoms with Crippen LogP contribution in [0, 0.1) is 0 Å². The molecule has 2 aliphatic heterocycles. The molecule has 0 saturated heterocycles. The summed E-state index contributed by atoms with van der Waals surface area (Å²) in [4.78, 5) is 38.0. The van der Waals surface area contributed by atoms with Gasteiger partial charge in [-0.25, -0.2) is 0 Å². The minimum absolute atomic E-state index is 0.0597. The Kier molecular flexibility index (Phi) is 4.50. The van der Waals surface area contributed by atoms with Crippen molar-refractivity contribution in [1.82, 2.24) is 10.2 Å². The largest absolute Gasteiger partial charge is 0.454 e. The van der Waals surface area contributed by atoms with E-state index in [9.17, 15) is 14.4 Å². The third-order valence-corrected chi connectivity index (χ3v) is 4.62. The summed E-state index contributed by atoms with van der Waals surface area (Å²) >= 11 is 0. The molecule has 0 atom stereocenters. The van der Waals surface area contributed by atoms with Crippen molar-refractivity contribution >= 4 is 17.7 Å². The van der Waals surface area contributed by atoms with Gasteiger partial charge in [-0.05, 0) is 29.3 Å². The standard InChI is InChI=1S/C20H18N2O5/c23-18(21-11-13-5-6-16-17(9-13)27-12-26-16)7-8-22-19(24)10-14-3-1-2-4-15(14)20(22)25/h1-6,9H,7-8,10-12H2,(H,21,23). The van der Waals surface area contributed by atoms with E-state index < -0.39 is 0 Å². The van der Waals surface area contributed by atoms with Gasteiger partial charge in [-0.1, -0.05) is 24.3 Å². The topological polar surface area (TPSA) is 84.9 Å². The summed E-state index contributed by atoms with van der Waals surface area (Å²) in [6.45, 7) is 0.603. The van der Waals surface area contributed by atoms with Gasteiger partial charge in [0.1, 0.15) is 0 Å². The first kappa shape index (κ1) is 17.1. The van der Waals surface area contributed by atoms with Crippen molar-refractivity contribution < 1.29 is 23.9 Å². The number of ether oxygens (including phenoxy) is 2. The Balaban J connectivity index is 1.31. The van der Waals surface area contributed by atoms with Crippen LogP contribution in [0.1, 0.15) is 27.9 Å². The Hall–Kier alpha value is -3.35. The van der Waals surface area contributed by atoms with E-state index in [4.69, 9.17) is 9.47 Å². The summed E-state index contributed by atoms with van der Waals surface area (Å²) < 4.78 is 10.6. The van der Waals surface area contributed by atoms with E-state index in [1.54, 1.807) is 30.3 Å². The van der Waals surface area contributed by atoms with Gasteiger partial charge in [0.25, 0.3) is 5.91 Å². The Morgan fingerprint density at radius 1 is 1.07 bits per heavy atom. The molecule has 0 saturated carbocycles. The second-order valence-corrected chi connectivity index (χ2v) is 6.40. The lowest BCUT2D eigenvalue weighted by Crippen LogP contribution is -2.44. The van der Waals surface area contributed by atoms with E-state index in [2.05, 4.69) is 5.32 Å². The highest BCUT2D eigenvalue weighted by atomic mass is 16.7. The van der Waals surface area contributed by atoms with Crippen LogP contribution in [0.3, 0.4) is 0 Å². The molecule has 0 bridgehead atoms. The lowest BCUT2D eigenvalue weighted by Gasteiger charge is -2.26. The van der Waals surface area contributed by atoms with Gasteiger partial charge < -0.3 is 14.8 Å². The van der Waals surface area contributed by atoms with Gasteiger partial charge >= 0.3 is 0 Å². The predicted molar refractivity (Wildman–Crippen MR) is 95.2 cm³/mol. The highest BCUT2D eigenvalue weighted by molar-refractivity contribution is 6.09. The molecule has 1 N–H and O–H groups in total. The molecule has 2 aliphatic rings. The second-order valence-electron chi connectivity index (χ2n) is 6.40. The summed E-state index contributed by atoms with van der Waals surface area (Å²) in [5.74, 6) is 0.497. The Morgan fingerprint density at radius 2 is 1.89 bits per heavy atom. The first-order valence-corrected chi connectivity index (χ1v) is 8.69. The molecule has 3 amide bonds. The van der Waals surface area contributed by atoms with E-state index in [-0.39, 0.29) is 43.9 Å². The number of amides is 3. The van der Waals surface area contributed by atoms with Gasteiger partial charge in [-0.2, -0.15) is 0 Å². The zero-order chi connectivity index (χ0) is 18.8. The van der Waals surface area contributed by atoms with Crippen LogP contribution >= 0.6 is 0 Å². The van der Waals surface area contributed by atoms with Crippen LogP contribution in [-0.2, 0) is 22.6 Å². The fourth-order valence-corrected chi connectivity index (χ4v) is 3.18. The summed E-state index contributed by atoms with van der Waals surface area (Å²) in [5.41, 5.74) is 2.14. The summed E-state index contributed by atoms with van der Waals surface area (Å²) in [6.07, 6.45) is 0.241. The van der Waals surface area contributed by atoms with Crippen molar-refractivity contribution in [3.05, 3.63) is 59.2 Å². The molecule has 0 aromatic heterocycles. The average Bonchev–Trinajstić information content (AvgIpc) is 3.14. The van der Waals surface area contributed by atoms with Crippen LogP contribution in [0.4, 0.5) is 0 Å². The highest BCUT2D eigenvalue weighted by Gasteiger charge is 2.30. The lowest BCUT2D eigenvalue weighted by molar-refractivity contribution is -0.129. The number of benzene rings is 2. The van der Waals surface area contributed by atoms with Crippen molar-refractivity contribution in [3.8, 4) is 11.5 Å². The van der Waals surface area contributed by atoms with Crippen molar-refractivity contribution in [2.45, 2.75) is 19.4 Å². The van der Waals surface area contributed by atoms with Gasteiger partial charge in [0.05, 0.1) is 6.42 Å². The van der Waals surface area contributed by atoms with Crippen molar-refractivity contribution in [2.75, 3.05) is 13.3 Å². The van der Waals surface area contributed by atoms with Crippen LogP contribution in [0.2, 0.25) is 0 Å². The van der Waals surface area contributed by atoms with Crippen LogP contribution in [0.15, 0.2) is 42.5 Å². The van der Waals surface area contributed by atoms with E-state index in [1.807, 2.05) is 12.1 Å². The molecule has 4 rings (SSSR count). The number of nitrogens with one attached hydrogen (secondary N) is 1. The van der Waals surface area contributed by atoms with E-state index >= 15 is 0 Å². The molecule has 0 aliphatic carbocycles. The van der Waals surface area contributed by atoms with Crippen LogP contribution in [0.25, 0.3) is 0 Å². The van der Waals surface area contributed by atoms with Crippen LogP contribution in [-0.4, -0.2) is 36.0 Å². The van der Waals surface area contributed by atoms with Gasteiger partial charge in [0.2, 0.25) is 18.6 Å². The highest BCUT2D eigenvalue weighted by Crippen LogP contribution is 2.32. The maximum atomic E-state index is 12.5. The molecule has 2 heterocycles. The minimum Gasteiger partial charge on any atom is -0.454 e. The van der Waals surface area contributed by atoms with E-state index in [0.29, 0.717) is 23.6 Å². The van der Waals surface area contributed by atoms with Gasteiger partial charge in [0.15, 0.2) is 11.5 Å². The zero-order valence-electron chi connectivity index (χ0n) is 14.6. The number of carbonyl (C=O) groups is 3. The zero-order valence-corrected chi connectivity index (χ0v) is 14.6. The Labute approximate surface area is 155 Å².